The Morgan fingerprint density at radius 1 is 1.11 bits per heavy atom. The van der Waals surface area contributed by atoms with Gasteiger partial charge in [-0.25, -0.2) is 9.67 Å². The van der Waals surface area contributed by atoms with E-state index in [-0.39, 0.29) is 11.6 Å². The van der Waals surface area contributed by atoms with E-state index in [9.17, 15) is 4.79 Å². The number of halogens is 1. The van der Waals surface area contributed by atoms with Gasteiger partial charge in [-0.1, -0.05) is 59.2 Å². The lowest BCUT2D eigenvalue weighted by Gasteiger charge is -2.01. The summed E-state index contributed by atoms with van der Waals surface area (Å²) in [5.41, 5.74) is 1.97. The number of nitrogens with zero attached hydrogens (tertiary/aromatic N) is 4. The molecular formula is C19H14ClN5O2. The third-order valence-corrected chi connectivity index (χ3v) is 4.03. The van der Waals surface area contributed by atoms with Gasteiger partial charge in [-0.05, 0) is 17.7 Å². The molecule has 2 heterocycles. The molecule has 8 heteroatoms. The van der Waals surface area contributed by atoms with E-state index < -0.39 is 5.91 Å². The number of amides is 1. The highest BCUT2D eigenvalue weighted by atomic mass is 35.5. The first-order valence-corrected chi connectivity index (χ1v) is 8.52. The lowest BCUT2D eigenvalue weighted by atomic mass is 10.1. The zero-order chi connectivity index (χ0) is 18.6. The molecule has 27 heavy (non-hydrogen) atoms. The molecule has 4 aromatic rings. The van der Waals surface area contributed by atoms with E-state index in [0.717, 1.165) is 11.1 Å². The minimum absolute atomic E-state index is 0.153. The summed E-state index contributed by atoms with van der Waals surface area (Å²) in [5.74, 6) is 0.257. The molecule has 4 rings (SSSR count). The van der Waals surface area contributed by atoms with Gasteiger partial charge in [-0.15, -0.1) is 5.10 Å². The number of hydrogen-bond acceptors (Lipinski definition) is 5. The summed E-state index contributed by atoms with van der Waals surface area (Å²) >= 11 is 5.98. The lowest BCUT2D eigenvalue weighted by molar-refractivity contribution is 0.101. The molecule has 7 nitrogen and oxygen atoms in total. The number of benzene rings is 2. The molecule has 0 bridgehead atoms. The molecule has 2 aromatic carbocycles. The zero-order valence-corrected chi connectivity index (χ0v) is 14.8. The van der Waals surface area contributed by atoms with E-state index in [4.69, 9.17) is 16.1 Å². The Bertz CT molecular complexity index is 1070. The van der Waals surface area contributed by atoms with Crippen molar-refractivity contribution in [3.05, 3.63) is 83.3 Å². The zero-order valence-electron chi connectivity index (χ0n) is 14.0. The minimum Gasteiger partial charge on any atom is -0.355 e. The number of hydrogen-bond donors (Lipinski definition) is 1. The molecule has 0 unspecified atom stereocenters. The molecule has 0 saturated heterocycles. The Labute approximate surface area is 159 Å². The van der Waals surface area contributed by atoms with Gasteiger partial charge >= 0.3 is 0 Å². The van der Waals surface area contributed by atoms with Crippen LogP contribution in [0.2, 0.25) is 5.02 Å². The number of carbonyl (C=O) groups is 1. The molecule has 0 saturated carbocycles. The molecule has 0 fully saturated rings. The smallest absolute Gasteiger partial charge is 0.280 e. The van der Waals surface area contributed by atoms with E-state index in [2.05, 4.69) is 20.6 Å². The molecule has 1 N–H and O–H groups in total. The predicted molar refractivity (Wildman–Crippen MR) is 100 cm³/mol. The van der Waals surface area contributed by atoms with Crippen LogP contribution in [0.3, 0.4) is 0 Å². The van der Waals surface area contributed by atoms with Gasteiger partial charge in [0.25, 0.3) is 5.91 Å². The van der Waals surface area contributed by atoms with Gasteiger partial charge in [0.15, 0.2) is 11.5 Å². The van der Waals surface area contributed by atoms with Gasteiger partial charge < -0.3 is 4.52 Å². The van der Waals surface area contributed by atoms with E-state index in [0.29, 0.717) is 17.3 Å². The Kier molecular flexibility index (Phi) is 4.67. The third kappa shape index (κ3) is 4.04. The van der Waals surface area contributed by atoms with Crippen LogP contribution in [0.4, 0.5) is 5.95 Å². The highest BCUT2D eigenvalue weighted by Gasteiger charge is 2.15. The minimum atomic E-state index is -0.443. The highest BCUT2D eigenvalue weighted by Crippen LogP contribution is 2.20. The van der Waals surface area contributed by atoms with E-state index in [1.54, 1.807) is 16.8 Å². The molecule has 0 atom stereocenters. The summed E-state index contributed by atoms with van der Waals surface area (Å²) in [5, 5.41) is 11.3. The predicted octanol–water partition coefficient (Wildman–Crippen LogP) is 3.89. The van der Waals surface area contributed by atoms with Crippen molar-refractivity contribution in [1.29, 1.82) is 0 Å². The molecule has 0 aliphatic carbocycles. The molecule has 2 aromatic heterocycles. The fourth-order valence-corrected chi connectivity index (χ4v) is 2.75. The number of carbonyl (C=O) groups excluding carboxylic acids is 1. The molecule has 134 valence electrons. The fourth-order valence-electron chi connectivity index (χ4n) is 2.54. The van der Waals surface area contributed by atoms with Crippen molar-refractivity contribution >= 4 is 23.5 Å². The Hall–Kier alpha value is -3.45. The molecule has 0 aliphatic rings. The van der Waals surface area contributed by atoms with Crippen LogP contribution in [0.15, 0.2) is 71.5 Å². The van der Waals surface area contributed by atoms with Crippen molar-refractivity contribution in [2.24, 2.45) is 0 Å². The fraction of sp³-hybridized carbons (Fsp3) is 0.0526. The van der Waals surface area contributed by atoms with E-state index >= 15 is 0 Å². The van der Waals surface area contributed by atoms with E-state index in [1.165, 1.54) is 6.33 Å². The highest BCUT2D eigenvalue weighted by molar-refractivity contribution is 6.30. The number of aromatic nitrogens is 4. The quantitative estimate of drug-likeness (QED) is 0.568. The summed E-state index contributed by atoms with van der Waals surface area (Å²) in [7, 11) is 0. The number of anilines is 1. The van der Waals surface area contributed by atoms with Crippen LogP contribution in [-0.4, -0.2) is 25.8 Å². The van der Waals surface area contributed by atoms with Crippen LogP contribution in [0.5, 0.6) is 0 Å². The lowest BCUT2D eigenvalue weighted by Crippen LogP contribution is -2.13. The Balaban J connectivity index is 1.43. The first-order chi connectivity index (χ1) is 13.2. The van der Waals surface area contributed by atoms with Crippen molar-refractivity contribution in [3.63, 3.8) is 0 Å². The molecule has 1 amide bonds. The Morgan fingerprint density at radius 3 is 2.78 bits per heavy atom. The van der Waals surface area contributed by atoms with Crippen LogP contribution in [0.25, 0.3) is 11.3 Å². The van der Waals surface area contributed by atoms with Crippen LogP contribution in [-0.2, 0) is 6.54 Å². The van der Waals surface area contributed by atoms with Crippen LogP contribution in [0.1, 0.15) is 16.1 Å². The number of nitrogens with one attached hydrogen (secondary N) is 1. The number of rotatable bonds is 5. The van der Waals surface area contributed by atoms with E-state index in [1.807, 2.05) is 48.5 Å². The molecule has 0 spiro atoms. The third-order valence-electron chi connectivity index (χ3n) is 3.80. The van der Waals surface area contributed by atoms with Gasteiger partial charge in [0.05, 0.1) is 6.54 Å². The molecule has 0 radical (unpaired) electrons. The van der Waals surface area contributed by atoms with Crippen molar-refractivity contribution in [3.8, 4) is 11.3 Å². The molecule has 0 aliphatic heterocycles. The van der Waals surface area contributed by atoms with Crippen molar-refractivity contribution in [2.75, 3.05) is 5.32 Å². The summed E-state index contributed by atoms with van der Waals surface area (Å²) in [6, 6.07) is 18.5. The first kappa shape index (κ1) is 17.0. The monoisotopic (exact) mass is 379 g/mol. The largest absolute Gasteiger partial charge is 0.355 e. The first-order valence-electron chi connectivity index (χ1n) is 8.15. The van der Waals surface area contributed by atoms with Crippen molar-refractivity contribution in [1.82, 2.24) is 19.9 Å². The summed E-state index contributed by atoms with van der Waals surface area (Å²) < 4.78 is 6.85. The van der Waals surface area contributed by atoms with Crippen molar-refractivity contribution < 1.29 is 9.32 Å². The standard InChI is InChI=1S/C19H14ClN5O2/c20-15-8-4-5-13(9-15)11-25-12-21-19(23-25)22-18(26)16-10-17(27-24-16)14-6-2-1-3-7-14/h1-10,12H,11H2,(H,22,23,26). The van der Waals surface area contributed by atoms with Crippen LogP contribution < -0.4 is 5.32 Å². The van der Waals surface area contributed by atoms with Crippen LogP contribution >= 0.6 is 11.6 Å². The van der Waals surface area contributed by atoms with Gasteiger partial charge in [-0.3, -0.25) is 10.1 Å². The topological polar surface area (TPSA) is 85.8 Å². The second-order valence-corrected chi connectivity index (χ2v) is 6.23. The average molecular weight is 380 g/mol. The van der Waals surface area contributed by atoms with Gasteiger partial charge in [0.1, 0.15) is 6.33 Å². The van der Waals surface area contributed by atoms with Crippen molar-refractivity contribution in [2.45, 2.75) is 6.54 Å². The molecular weight excluding hydrogens is 366 g/mol. The second-order valence-electron chi connectivity index (χ2n) is 5.79. The maximum Gasteiger partial charge on any atom is 0.280 e. The van der Waals surface area contributed by atoms with Gasteiger partial charge in [0.2, 0.25) is 5.95 Å². The summed E-state index contributed by atoms with van der Waals surface area (Å²) in [6.07, 6.45) is 1.54. The Morgan fingerprint density at radius 2 is 1.96 bits per heavy atom. The maximum absolute atomic E-state index is 12.3. The SMILES string of the molecule is O=C(Nc1ncn(Cc2cccc(Cl)c2)n1)c1cc(-c2ccccc2)on1. The summed E-state index contributed by atoms with van der Waals surface area (Å²) in [6.45, 7) is 0.492. The normalized spacial score (nSPS) is 10.7. The second kappa shape index (κ2) is 7.43. The summed E-state index contributed by atoms with van der Waals surface area (Å²) in [4.78, 5) is 16.4. The van der Waals surface area contributed by atoms with Crippen LogP contribution in [0, 0.1) is 0 Å². The average Bonchev–Trinajstić information content (AvgIpc) is 3.32. The maximum atomic E-state index is 12.3. The van der Waals surface area contributed by atoms with Gasteiger partial charge in [0, 0.05) is 16.7 Å². The van der Waals surface area contributed by atoms with Gasteiger partial charge in [-0.2, -0.15) is 0 Å².